The van der Waals surface area contributed by atoms with E-state index in [0.29, 0.717) is 0 Å². The summed E-state index contributed by atoms with van der Waals surface area (Å²) < 4.78 is 0. The van der Waals surface area contributed by atoms with E-state index in [9.17, 15) is 0 Å². The van der Waals surface area contributed by atoms with Crippen molar-refractivity contribution in [3.8, 4) is 0 Å². The molecule has 1 nitrogen and oxygen atoms in total. The summed E-state index contributed by atoms with van der Waals surface area (Å²) in [6, 6.07) is 0.722. The van der Waals surface area contributed by atoms with Crippen LogP contribution < -0.4 is 0 Å². The van der Waals surface area contributed by atoms with Gasteiger partial charge in [0.1, 0.15) is 0 Å². The van der Waals surface area contributed by atoms with Crippen LogP contribution in [0.5, 0.6) is 0 Å². The average Bonchev–Trinajstić information content (AvgIpc) is 1.59. The minimum atomic E-state index is 0.722. The van der Waals surface area contributed by atoms with Gasteiger partial charge in [0, 0.05) is 6.04 Å². The van der Waals surface area contributed by atoms with Gasteiger partial charge in [-0.05, 0) is 25.9 Å². The maximum absolute atomic E-state index is 2.31. The highest BCUT2D eigenvalue weighted by molar-refractivity contribution is 4.72. The van der Waals surface area contributed by atoms with Gasteiger partial charge in [-0.3, -0.25) is 0 Å². The maximum atomic E-state index is 2.31. The molecule has 0 rings (SSSR count). The predicted octanol–water partition coefficient (Wildman–Crippen LogP) is 2.23. The highest BCUT2D eigenvalue weighted by atomic mass is 15.8. The Hall–Kier alpha value is -0.0400. The van der Waals surface area contributed by atoms with Crippen LogP contribution in [0.3, 0.4) is 0 Å². The third kappa shape index (κ3) is 2.70. The molecule has 62 valence electrons. The monoisotopic (exact) mass is 144 g/mol. The molecule has 0 aliphatic heterocycles. The van der Waals surface area contributed by atoms with Crippen LogP contribution in [0.1, 0.15) is 27.7 Å². The molecular formula is C9H21N. The predicted molar refractivity (Wildman–Crippen MR) is 47.2 cm³/mol. The molecule has 0 bridgehead atoms. The van der Waals surface area contributed by atoms with Gasteiger partial charge in [0.25, 0.3) is 0 Å². The van der Waals surface area contributed by atoms with E-state index in [1.54, 1.807) is 0 Å². The molecule has 0 N–H and O–H groups in total. The van der Waals surface area contributed by atoms with E-state index < -0.39 is 0 Å². The van der Waals surface area contributed by atoms with Gasteiger partial charge in [-0.1, -0.05) is 27.7 Å². The zero-order chi connectivity index (χ0) is 8.31. The lowest BCUT2D eigenvalue weighted by Crippen LogP contribution is -2.37. The summed E-state index contributed by atoms with van der Waals surface area (Å²) in [4.78, 5) is 2.31. The van der Waals surface area contributed by atoms with E-state index in [-0.39, 0.29) is 0 Å². The van der Waals surface area contributed by atoms with Gasteiger partial charge in [0.15, 0.2) is 0 Å². The molecule has 0 aromatic heterocycles. The Morgan fingerprint density at radius 3 is 1.10 bits per heavy atom. The van der Waals surface area contributed by atoms with Gasteiger partial charge < -0.3 is 4.90 Å². The first-order valence-electron chi connectivity index (χ1n) is 4.13. The van der Waals surface area contributed by atoms with Crippen molar-refractivity contribution in [2.75, 3.05) is 14.1 Å². The van der Waals surface area contributed by atoms with E-state index >= 15 is 0 Å². The van der Waals surface area contributed by atoms with Crippen molar-refractivity contribution >= 4 is 0 Å². The lowest BCUT2D eigenvalue weighted by molar-refractivity contribution is 0.176. The molecule has 0 spiro atoms. The first kappa shape index (κ1) is 9.96. The average molecular weight is 144 g/mol. The van der Waals surface area contributed by atoms with Gasteiger partial charge in [-0.25, -0.2) is 0 Å². The second-order valence-electron chi connectivity index (χ2n) is 3.94. The van der Waals surface area contributed by atoms with E-state index in [0.717, 1.165) is 17.9 Å². The van der Waals surface area contributed by atoms with Crippen molar-refractivity contribution in [2.24, 2.45) is 11.8 Å². The zero-order valence-corrected chi connectivity index (χ0v) is 8.18. The minimum absolute atomic E-state index is 0.722. The molecule has 0 aliphatic rings. The van der Waals surface area contributed by atoms with Crippen LogP contribution in [-0.2, 0) is 0 Å². The minimum Gasteiger partial charge on any atom is -0.306 e. The standard InChI is InChI=1S/C9H21N/c1-7(2)9(8(3)4)10(5)6/h7-9H,1-6H3/i10+1. The number of hydrogen-bond donors (Lipinski definition) is 0. The van der Waals surface area contributed by atoms with Crippen molar-refractivity contribution in [3.05, 3.63) is 0 Å². The summed E-state index contributed by atoms with van der Waals surface area (Å²) >= 11 is 0. The summed E-state index contributed by atoms with van der Waals surface area (Å²) in [7, 11) is 4.31. The van der Waals surface area contributed by atoms with Crippen LogP contribution in [0, 0.1) is 11.8 Å². The zero-order valence-electron chi connectivity index (χ0n) is 8.18. The summed E-state index contributed by atoms with van der Waals surface area (Å²) in [5, 5.41) is 0. The molecule has 0 amide bonds. The summed E-state index contributed by atoms with van der Waals surface area (Å²) in [5.41, 5.74) is 0. The molecule has 0 aromatic carbocycles. The highest BCUT2D eigenvalue weighted by Crippen LogP contribution is 2.15. The van der Waals surface area contributed by atoms with Crippen LogP contribution in [0.4, 0.5) is 0 Å². The van der Waals surface area contributed by atoms with Gasteiger partial charge >= 0.3 is 0 Å². The first-order chi connectivity index (χ1) is 4.46. The smallest absolute Gasteiger partial charge is 0.0135 e. The molecule has 0 radical (unpaired) electrons. The molecule has 0 heterocycles. The third-order valence-corrected chi connectivity index (χ3v) is 1.96. The molecule has 1 heteroatoms. The quantitative estimate of drug-likeness (QED) is 0.549. The van der Waals surface area contributed by atoms with Gasteiger partial charge in [0.05, 0.1) is 0 Å². The Kier molecular flexibility index (Phi) is 3.95. The molecule has 0 aliphatic carbocycles. The topological polar surface area (TPSA) is 3.24 Å². The highest BCUT2D eigenvalue weighted by Gasteiger charge is 2.18. The van der Waals surface area contributed by atoms with Crippen LogP contribution in [-0.4, -0.2) is 25.0 Å². The number of nitrogens with zero attached hydrogens (tertiary/aromatic N) is 1. The summed E-state index contributed by atoms with van der Waals surface area (Å²) in [6.45, 7) is 9.13. The molecule has 10 heavy (non-hydrogen) atoms. The Morgan fingerprint density at radius 2 is 1.10 bits per heavy atom. The van der Waals surface area contributed by atoms with E-state index in [1.807, 2.05) is 0 Å². The normalized spacial score (nSPS) is 12.6. The van der Waals surface area contributed by atoms with Crippen molar-refractivity contribution in [1.29, 1.82) is 0 Å². The van der Waals surface area contributed by atoms with Crippen molar-refractivity contribution in [2.45, 2.75) is 33.7 Å². The summed E-state index contributed by atoms with van der Waals surface area (Å²) in [5.74, 6) is 1.52. The Labute approximate surface area is 65.4 Å². The SMILES string of the molecule is CC(C)C(C(C)C)[15N](C)C. The molecule has 0 saturated heterocycles. The molecule has 0 atom stereocenters. The second-order valence-corrected chi connectivity index (χ2v) is 3.94. The molecule has 0 aromatic rings. The fourth-order valence-electron chi connectivity index (χ4n) is 1.96. The van der Waals surface area contributed by atoms with Crippen LogP contribution in [0.25, 0.3) is 0 Å². The second kappa shape index (κ2) is 3.97. The van der Waals surface area contributed by atoms with Crippen LogP contribution in [0.2, 0.25) is 0 Å². The number of rotatable bonds is 3. The fourth-order valence-corrected chi connectivity index (χ4v) is 1.96. The lowest BCUT2D eigenvalue weighted by atomic mass is 9.95. The van der Waals surface area contributed by atoms with Gasteiger partial charge in [0.2, 0.25) is 0 Å². The third-order valence-electron chi connectivity index (χ3n) is 1.96. The summed E-state index contributed by atoms with van der Waals surface area (Å²) in [6.07, 6.45) is 0. The molecule has 0 unspecified atom stereocenters. The van der Waals surface area contributed by atoms with Crippen LogP contribution in [0.15, 0.2) is 0 Å². The van der Waals surface area contributed by atoms with E-state index in [1.165, 1.54) is 0 Å². The Morgan fingerprint density at radius 1 is 0.800 bits per heavy atom. The molecule has 0 saturated carbocycles. The van der Waals surface area contributed by atoms with Crippen LogP contribution >= 0.6 is 0 Å². The van der Waals surface area contributed by atoms with Gasteiger partial charge in [-0.2, -0.15) is 0 Å². The Balaban J connectivity index is 3.98. The number of hydrogen-bond acceptors (Lipinski definition) is 1. The van der Waals surface area contributed by atoms with Crippen molar-refractivity contribution in [3.63, 3.8) is 0 Å². The Bertz CT molecular complexity index is 65.7. The first-order valence-corrected chi connectivity index (χ1v) is 4.13. The molecular weight excluding hydrogens is 123 g/mol. The molecule has 0 fully saturated rings. The largest absolute Gasteiger partial charge is 0.306 e. The fraction of sp³-hybridized carbons (Fsp3) is 1.00. The van der Waals surface area contributed by atoms with Crippen molar-refractivity contribution in [1.82, 2.24) is 4.90 Å². The van der Waals surface area contributed by atoms with E-state index in [4.69, 9.17) is 0 Å². The lowest BCUT2D eigenvalue weighted by Gasteiger charge is -2.31. The van der Waals surface area contributed by atoms with E-state index in [2.05, 4.69) is 46.7 Å². The van der Waals surface area contributed by atoms with Crippen molar-refractivity contribution < 1.29 is 0 Å². The maximum Gasteiger partial charge on any atom is 0.0135 e. The van der Waals surface area contributed by atoms with Gasteiger partial charge in [-0.15, -0.1) is 0 Å².